The lowest BCUT2D eigenvalue weighted by atomic mass is 9.97. The number of amides is 1. The van der Waals surface area contributed by atoms with E-state index in [1.807, 2.05) is 35.2 Å². The minimum Gasteiger partial charge on any atom is -0.445 e. The molecule has 0 saturated carbocycles. The molecule has 4 heteroatoms. The van der Waals surface area contributed by atoms with E-state index in [-0.39, 0.29) is 6.09 Å². The number of rotatable bonds is 2. The van der Waals surface area contributed by atoms with Gasteiger partial charge in [0.25, 0.3) is 0 Å². The third kappa shape index (κ3) is 3.07. The van der Waals surface area contributed by atoms with Crippen molar-refractivity contribution in [2.24, 2.45) is 5.92 Å². The van der Waals surface area contributed by atoms with Gasteiger partial charge in [0.05, 0.1) is 0 Å². The number of piperidine rings is 1. The molecule has 4 nitrogen and oxygen atoms in total. The first kappa shape index (κ1) is 12.5. The molecule has 0 radical (unpaired) electrons. The first-order valence-corrected chi connectivity index (χ1v) is 7.00. The van der Waals surface area contributed by atoms with Crippen LogP contribution < -0.4 is 5.32 Å². The van der Waals surface area contributed by atoms with Crippen LogP contribution in [0.3, 0.4) is 0 Å². The number of benzene rings is 1. The van der Waals surface area contributed by atoms with E-state index in [2.05, 4.69) is 5.32 Å². The topological polar surface area (TPSA) is 41.6 Å². The second kappa shape index (κ2) is 5.61. The monoisotopic (exact) mass is 260 g/mol. The molecule has 2 atom stereocenters. The van der Waals surface area contributed by atoms with Crippen molar-refractivity contribution in [3.8, 4) is 0 Å². The van der Waals surface area contributed by atoms with Crippen LogP contribution in [0.25, 0.3) is 0 Å². The van der Waals surface area contributed by atoms with Crippen molar-refractivity contribution < 1.29 is 9.53 Å². The molecule has 3 aliphatic rings. The van der Waals surface area contributed by atoms with E-state index in [4.69, 9.17) is 4.74 Å². The molecule has 1 aromatic carbocycles. The van der Waals surface area contributed by atoms with E-state index >= 15 is 0 Å². The van der Waals surface area contributed by atoms with Crippen LogP contribution in [-0.2, 0) is 11.3 Å². The zero-order chi connectivity index (χ0) is 13.1. The van der Waals surface area contributed by atoms with Crippen molar-refractivity contribution in [3.05, 3.63) is 35.9 Å². The Kier molecular flexibility index (Phi) is 3.69. The summed E-state index contributed by atoms with van der Waals surface area (Å²) in [6.45, 7) is 3.01. The molecule has 0 spiro atoms. The molecule has 0 aromatic heterocycles. The van der Waals surface area contributed by atoms with E-state index in [9.17, 15) is 4.79 Å². The summed E-state index contributed by atoms with van der Waals surface area (Å²) in [6, 6.07) is 10.3. The number of carbonyl (C=O) groups is 1. The smallest absolute Gasteiger partial charge is 0.410 e. The SMILES string of the molecule is O=C(OCc1ccccc1)N1C[C@H]2CC[C@@H](C1)NC2. The van der Waals surface area contributed by atoms with Gasteiger partial charge in [0.1, 0.15) is 6.61 Å². The third-order valence-corrected chi connectivity index (χ3v) is 4.00. The van der Waals surface area contributed by atoms with E-state index in [1.165, 1.54) is 12.8 Å². The summed E-state index contributed by atoms with van der Waals surface area (Å²) in [5.41, 5.74) is 1.03. The zero-order valence-corrected chi connectivity index (χ0v) is 11.0. The molecule has 102 valence electrons. The Morgan fingerprint density at radius 1 is 1.26 bits per heavy atom. The van der Waals surface area contributed by atoms with Gasteiger partial charge in [-0.25, -0.2) is 4.79 Å². The first-order valence-electron chi connectivity index (χ1n) is 7.00. The molecule has 2 bridgehead atoms. The maximum Gasteiger partial charge on any atom is 0.410 e. The van der Waals surface area contributed by atoms with Gasteiger partial charge >= 0.3 is 6.09 Å². The Morgan fingerprint density at radius 3 is 2.84 bits per heavy atom. The lowest BCUT2D eigenvalue weighted by molar-refractivity contribution is 0.0947. The molecule has 1 aromatic rings. The highest BCUT2D eigenvalue weighted by atomic mass is 16.6. The minimum atomic E-state index is -0.176. The Balaban J connectivity index is 1.55. The van der Waals surface area contributed by atoms with Crippen LogP contribution >= 0.6 is 0 Å². The minimum absolute atomic E-state index is 0.176. The number of fused-ring (bicyclic) bond motifs is 4. The molecule has 3 aliphatic heterocycles. The fraction of sp³-hybridized carbons (Fsp3) is 0.533. The highest BCUT2D eigenvalue weighted by Crippen LogP contribution is 2.22. The summed E-state index contributed by atoms with van der Waals surface area (Å²) in [7, 11) is 0. The zero-order valence-electron chi connectivity index (χ0n) is 11.0. The lowest BCUT2D eigenvalue weighted by Gasteiger charge is -2.22. The fourth-order valence-electron chi connectivity index (χ4n) is 2.90. The summed E-state index contributed by atoms with van der Waals surface area (Å²) >= 11 is 0. The maximum atomic E-state index is 12.1. The molecule has 3 fully saturated rings. The Morgan fingerprint density at radius 2 is 2.11 bits per heavy atom. The van der Waals surface area contributed by atoms with E-state index in [1.54, 1.807) is 0 Å². The predicted octanol–water partition coefficient (Wildman–Crippen LogP) is 2.01. The molecule has 3 saturated heterocycles. The number of hydrogen-bond donors (Lipinski definition) is 1. The van der Waals surface area contributed by atoms with Crippen molar-refractivity contribution in [3.63, 3.8) is 0 Å². The summed E-state index contributed by atoms with van der Waals surface area (Å²) in [4.78, 5) is 14.0. The Hall–Kier alpha value is -1.55. The normalized spacial score (nSPS) is 26.0. The number of ether oxygens (including phenoxy) is 1. The highest BCUT2D eigenvalue weighted by Gasteiger charge is 2.31. The second-order valence-corrected chi connectivity index (χ2v) is 5.49. The van der Waals surface area contributed by atoms with Gasteiger partial charge in [0.2, 0.25) is 0 Å². The van der Waals surface area contributed by atoms with Gasteiger partial charge in [-0.1, -0.05) is 30.3 Å². The Labute approximate surface area is 113 Å². The molecular formula is C15H20N2O2. The van der Waals surface area contributed by atoms with Crippen LogP contribution in [0.15, 0.2) is 30.3 Å². The van der Waals surface area contributed by atoms with Gasteiger partial charge in [-0.05, 0) is 30.9 Å². The maximum absolute atomic E-state index is 12.1. The van der Waals surface area contributed by atoms with Gasteiger partial charge in [0, 0.05) is 19.1 Å². The molecule has 1 N–H and O–H groups in total. The van der Waals surface area contributed by atoms with Gasteiger partial charge in [0.15, 0.2) is 0 Å². The number of nitrogens with one attached hydrogen (secondary N) is 1. The van der Waals surface area contributed by atoms with Crippen molar-refractivity contribution in [2.45, 2.75) is 25.5 Å². The number of carbonyl (C=O) groups excluding carboxylic acids is 1. The molecule has 19 heavy (non-hydrogen) atoms. The molecule has 4 rings (SSSR count). The van der Waals surface area contributed by atoms with E-state index < -0.39 is 0 Å². The first-order chi connectivity index (χ1) is 9.31. The summed E-state index contributed by atoms with van der Waals surface area (Å²) in [5.74, 6) is 0.586. The van der Waals surface area contributed by atoms with Crippen molar-refractivity contribution in [2.75, 3.05) is 19.6 Å². The molecule has 1 amide bonds. The van der Waals surface area contributed by atoms with Crippen LogP contribution in [0, 0.1) is 5.92 Å². The lowest BCUT2D eigenvalue weighted by Crippen LogP contribution is -2.40. The molecule has 0 aliphatic carbocycles. The predicted molar refractivity (Wildman–Crippen MR) is 72.7 cm³/mol. The summed E-state index contributed by atoms with van der Waals surface area (Å²) in [6.07, 6.45) is 2.22. The van der Waals surface area contributed by atoms with Gasteiger partial charge in [-0.15, -0.1) is 0 Å². The average molecular weight is 260 g/mol. The van der Waals surface area contributed by atoms with Crippen LogP contribution in [-0.4, -0.2) is 36.7 Å². The fourth-order valence-corrected chi connectivity index (χ4v) is 2.90. The van der Waals surface area contributed by atoms with Gasteiger partial charge in [-0.2, -0.15) is 0 Å². The van der Waals surface area contributed by atoms with Crippen molar-refractivity contribution in [1.29, 1.82) is 0 Å². The molecule has 0 unspecified atom stereocenters. The van der Waals surface area contributed by atoms with Crippen molar-refractivity contribution in [1.82, 2.24) is 10.2 Å². The summed E-state index contributed by atoms with van der Waals surface area (Å²) < 4.78 is 5.41. The number of hydrogen-bond acceptors (Lipinski definition) is 3. The van der Waals surface area contributed by atoms with E-state index in [0.717, 1.165) is 25.2 Å². The largest absolute Gasteiger partial charge is 0.445 e. The standard InChI is InChI=1S/C15H20N2O2/c18-15(19-11-12-4-2-1-3-5-12)17-9-13-6-7-14(10-17)16-8-13/h1-5,13-14,16H,6-11H2/t13-,14-/m0/s1. The third-order valence-electron chi connectivity index (χ3n) is 4.00. The van der Waals surface area contributed by atoms with Crippen LogP contribution in [0.2, 0.25) is 0 Å². The average Bonchev–Trinajstić information content (AvgIpc) is 2.79. The van der Waals surface area contributed by atoms with E-state index in [0.29, 0.717) is 18.6 Å². The Bertz CT molecular complexity index is 413. The van der Waals surface area contributed by atoms with Crippen LogP contribution in [0.5, 0.6) is 0 Å². The van der Waals surface area contributed by atoms with Gasteiger partial charge in [-0.3, -0.25) is 0 Å². The van der Waals surface area contributed by atoms with Gasteiger partial charge < -0.3 is 15.0 Å². The highest BCUT2D eigenvalue weighted by molar-refractivity contribution is 5.67. The second-order valence-electron chi connectivity index (χ2n) is 5.49. The van der Waals surface area contributed by atoms with Crippen LogP contribution in [0.1, 0.15) is 18.4 Å². The summed E-state index contributed by atoms with van der Waals surface area (Å²) in [5, 5.41) is 3.49. The molecular weight excluding hydrogens is 240 g/mol. The number of nitrogens with zero attached hydrogens (tertiary/aromatic N) is 1. The van der Waals surface area contributed by atoms with Crippen LogP contribution in [0.4, 0.5) is 4.79 Å². The molecule has 3 heterocycles. The quantitative estimate of drug-likeness (QED) is 0.884. The van der Waals surface area contributed by atoms with Crippen molar-refractivity contribution >= 4 is 6.09 Å².